The van der Waals surface area contributed by atoms with Gasteiger partial charge in [0.25, 0.3) is 5.91 Å². The van der Waals surface area contributed by atoms with Gasteiger partial charge in [-0.25, -0.2) is 8.42 Å². The van der Waals surface area contributed by atoms with Gasteiger partial charge in [-0.2, -0.15) is 4.31 Å². The minimum absolute atomic E-state index is 0.0898. The first-order valence-corrected chi connectivity index (χ1v) is 11.6. The van der Waals surface area contributed by atoms with E-state index in [9.17, 15) is 18.0 Å². The molecule has 1 atom stereocenters. The van der Waals surface area contributed by atoms with Crippen LogP contribution in [0, 0.1) is 6.92 Å². The van der Waals surface area contributed by atoms with Crippen molar-refractivity contribution in [1.29, 1.82) is 0 Å². The smallest absolute Gasteiger partial charge is 0.257 e. The van der Waals surface area contributed by atoms with Crippen molar-refractivity contribution in [3.63, 3.8) is 0 Å². The molecule has 166 valence electrons. The summed E-state index contributed by atoms with van der Waals surface area (Å²) < 4.78 is 32.7. The van der Waals surface area contributed by atoms with Crippen LogP contribution in [-0.2, 0) is 19.6 Å². The molecule has 1 heterocycles. The Morgan fingerprint density at radius 2 is 1.77 bits per heavy atom. The zero-order valence-corrected chi connectivity index (χ0v) is 18.4. The Balaban J connectivity index is 1.64. The molecule has 0 aromatic heterocycles. The first-order valence-electron chi connectivity index (χ1n) is 10.2. The number of rotatable bonds is 8. The second kappa shape index (κ2) is 9.93. The summed E-state index contributed by atoms with van der Waals surface area (Å²) in [5, 5.41) is 5.42. The molecule has 8 nitrogen and oxygen atoms in total. The van der Waals surface area contributed by atoms with Crippen LogP contribution in [0.4, 0.5) is 5.69 Å². The molecule has 1 aliphatic rings. The summed E-state index contributed by atoms with van der Waals surface area (Å²) in [5.41, 5.74) is 1.49. The summed E-state index contributed by atoms with van der Waals surface area (Å²) in [7, 11) is -3.75. The molecule has 31 heavy (non-hydrogen) atoms. The van der Waals surface area contributed by atoms with E-state index in [4.69, 9.17) is 4.74 Å². The molecular weight excluding hydrogens is 418 g/mol. The predicted molar refractivity (Wildman–Crippen MR) is 117 cm³/mol. The van der Waals surface area contributed by atoms with E-state index < -0.39 is 16.1 Å². The van der Waals surface area contributed by atoms with Gasteiger partial charge in [-0.1, -0.05) is 17.7 Å². The molecule has 2 amide bonds. The minimum atomic E-state index is -3.75. The van der Waals surface area contributed by atoms with Gasteiger partial charge in [0.1, 0.15) is 11.8 Å². The third kappa shape index (κ3) is 5.62. The largest absolute Gasteiger partial charge is 0.484 e. The van der Waals surface area contributed by atoms with Crippen LogP contribution in [0.3, 0.4) is 0 Å². The number of ether oxygens (including phenoxy) is 1. The van der Waals surface area contributed by atoms with Crippen LogP contribution < -0.4 is 15.4 Å². The maximum atomic E-state index is 13.0. The third-order valence-electron chi connectivity index (χ3n) is 5.00. The van der Waals surface area contributed by atoms with Crippen LogP contribution in [0.15, 0.2) is 53.4 Å². The van der Waals surface area contributed by atoms with E-state index in [0.29, 0.717) is 37.4 Å². The van der Waals surface area contributed by atoms with Gasteiger partial charge in [-0.15, -0.1) is 0 Å². The number of likely N-dealkylation sites (N-methyl/N-ethyl adjacent to an activating group) is 1. The van der Waals surface area contributed by atoms with Crippen molar-refractivity contribution in [2.45, 2.75) is 37.6 Å². The third-order valence-corrected chi connectivity index (χ3v) is 6.92. The van der Waals surface area contributed by atoms with E-state index in [1.54, 1.807) is 48.5 Å². The summed E-state index contributed by atoms with van der Waals surface area (Å²) in [5.74, 6) is -0.0890. The van der Waals surface area contributed by atoms with Crippen LogP contribution in [0.25, 0.3) is 0 Å². The fraction of sp³-hybridized carbons (Fsp3) is 0.364. The number of carbonyl (C=O) groups is 2. The van der Waals surface area contributed by atoms with Gasteiger partial charge < -0.3 is 15.4 Å². The SMILES string of the molecule is CCNC(=O)COc1ccc(NC(=O)[C@@H]2CCCN2S(=O)(=O)c2ccc(C)cc2)cc1. The molecule has 9 heteroatoms. The number of sulfonamides is 1. The minimum Gasteiger partial charge on any atom is -0.484 e. The first kappa shape index (κ1) is 22.8. The highest BCUT2D eigenvalue weighted by atomic mass is 32.2. The molecule has 2 N–H and O–H groups in total. The van der Waals surface area contributed by atoms with E-state index >= 15 is 0 Å². The Hall–Kier alpha value is -2.91. The lowest BCUT2D eigenvalue weighted by molar-refractivity contribution is -0.123. The van der Waals surface area contributed by atoms with Crippen LogP contribution in [-0.4, -0.2) is 50.3 Å². The fourth-order valence-electron chi connectivity index (χ4n) is 3.39. The number of nitrogens with one attached hydrogen (secondary N) is 2. The molecule has 0 radical (unpaired) electrons. The zero-order valence-electron chi connectivity index (χ0n) is 17.6. The van der Waals surface area contributed by atoms with E-state index in [1.165, 1.54) is 4.31 Å². The van der Waals surface area contributed by atoms with Gasteiger partial charge in [0.05, 0.1) is 4.90 Å². The standard InChI is InChI=1S/C22H27N3O5S/c1-3-23-21(26)15-30-18-10-8-17(9-11-18)24-22(27)20-5-4-14-25(20)31(28,29)19-12-6-16(2)7-13-19/h6-13,20H,3-5,14-15H2,1-2H3,(H,23,26)(H,24,27)/t20-/m0/s1. The number of nitrogens with zero attached hydrogens (tertiary/aromatic N) is 1. The molecule has 1 fully saturated rings. The molecule has 2 aromatic rings. The number of hydrogen-bond donors (Lipinski definition) is 2. The van der Waals surface area contributed by atoms with Gasteiger partial charge in [-0.05, 0) is 63.1 Å². The Labute approximate surface area is 182 Å². The topological polar surface area (TPSA) is 105 Å². The van der Waals surface area contributed by atoms with Crippen molar-refractivity contribution >= 4 is 27.5 Å². The maximum absolute atomic E-state index is 13.0. The Kier molecular flexibility index (Phi) is 7.29. The average molecular weight is 446 g/mol. The first-order chi connectivity index (χ1) is 14.8. The molecule has 0 aliphatic carbocycles. The second-order valence-corrected chi connectivity index (χ2v) is 9.23. The van der Waals surface area contributed by atoms with Crippen molar-refractivity contribution in [2.75, 3.05) is 25.0 Å². The van der Waals surface area contributed by atoms with Gasteiger partial charge >= 0.3 is 0 Å². The Morgan fingerprint density at radius 1 is 1.10 bits per heavy atom. The monoisotopic (exact) mass is 445 g/mol. The van der Waals surface area contributed by atoms with Crippen molar-refractivity contribution in [3.8, 4) is 5.75 Å². The normalized spacial score (nSPS) is 16.6. The highest BCUT2D eigenvalue weighted by Crippen LogP contribution is 2.27. The average Bonchev–Trinajstić information content (AvgIpc) is 3.25. The van der Waals surface area contributed by atoms with Crippen LogP contribution in [0.2, 0.25) is 0 Å². The summed E-state index contributed by atoms with van der Waals surface area (Å²) in [4.78, 5) is 24.5. The molecule has 0 saturated carbocycles. The second-order valence-electron chi connectivity index (χ2n) is 7.34. The molecule has 2 aromatic carbocycles. The van der Waals surface area contributed by atoms with E-state index in [0.717, 1.165) is 5.56 Å². The van der Waals surface area contributed by atoms with Gasteiger partial charge in [0.2, 0.25) is 15.9 Å². The zero-order chi connectivity index (χ0) is 22.4. The highest BCUT2D eigenvalue weighted by molar-refractivity contribution is 7.89. The van der Waals surface area contributed by atoms with Crippen LogP contribution in [0.1, 0.15) is 25.3 Å². The number of hydrogen-bond acceptors (Lipinski definition) is 5. The molecule has 1 saturated heterocycles. The predicted octanol–water partition coefficient (Wildman–Crippen LogP) is 2.30. The summed E-state index contributed by atoms with van der Waals surface area (Å²) in [6.45, 7) is 4.46. The quantitative estimate of drug-likeness (QED) is 0.649. The van der Waals surface area contributed by atoms with E-state index in [2.05, 4.69) is 10.6 Å². The maximum Gasteiger partial charge on any atom is 0.257 e. The Bertz CT molecular complexity index is 1020. The fourth-order valence-corrected chi connectivity index (χ4v) is 5.05. The molecule has 0 spiro atoms. The molecule has 3 rings (SSSR count). The molecule has 0 bridgehead atoms. The van der Waals surface area contributed by atoms with Crippen molar-refractivity contribution < 1.29 is 22.7 Å². The van der Waals surface area contributed by atoms with Gasteiger partial charge in [0, 0.05) is 18.8 Å². The van der Waals surface area contributed by atoms with Crippen LogP contribution in [0.5, 0.6) is 5.75 Å². The number of benzene rings is 2. The molecule has 1 aliphatic heterocycles. The number of amides is 2. The molecular formula is C22H27N3O5S. The number of carbonyl (C=O) groups excluding carboxylic acids is 2. The van der Waals surface area contributed by atoms with Crippen molar-refractivity contribution in [2.24, 2.45) is 0 Å². The van der Waals surface area contributed by atoms with E-state index in [1.807, 2.05) is 13.8 Å². The van der Waals surface area contributed by atoms with E-state index in [-0.39, 0.29) is 23.3 Å². The van der Waals surface area contributed by atoms with Crippen molar-refractivity contribution in [3.05, 3.63) is 54.1 Å². The highest BCUT2D eigenvalue weighted by Gasteiger charge is 2.39. The van der Waals surface area contributed by atoms with Gasteiger partial charge in [-0.3, -0.25) is 9.59 Å². The summed E-state index contributed by atoms with van der Waals surface area (Å²) >= 11 is 0. The van der Waals surface area contributed by atoms with Gasteiger partial charge in [0.15, 0.2) is 6.61 Å². The number of aryl methyl sites for hydroxylation is 1. The lowest BCUT2D eigenvalue weighted by Gasteiger charge is -2.23. The summed E-state index contributed by atoms with van der Waals surface area (Å²) in [6.07, 6.45) is 1.08. The van der Waals surface area contributed by atoms with Crippen LogP contribution >= 0.6 is 0 Å². The summed E-state index contributed by atoms with van der Waals surface area (Å²) in [6, 6.07) is 12.4. The Morgan fingerprint density at radius 3 is 2.42 bits per heavy atom. The molecule has 0 unspecified atom stereocenters. The number of anilines is 1. The van der Waals surface area contributed by atoms with Crippen molar-refractivity contribution in [1.82, 2.24) is 9.62 Å². The lowest BCUT2D eigenvalue weighted by Crippen LogP contribution is -2.43. The lowest BCUT2D eigenvalue weighted by atomic mass is 10.2.